The number of hydrogen-bond donors (Lipinski definition) is 1. The average molecular weight is 327 g/mol. The normalized spacial score (nSPS) is 11.5. The van der Waals surface area contributed by atoms with Crippen molar-refractivity contribution in [3.8, 4) is 0 Å². The molecule has 1 heterocycles. The maximum atomic E-state index is 12.1. The van der Waals surface area contributed by atoms with Crippen LogP contribution in [0.2, 0.25) is 0 Å². The van der Waals surface area contributed by atoms with Crippen LogP contribution in [0.1, 0.15) is 21.6 Å². The van der Waals surface area contributed by atoms with E-state index in [1.807, 2.05) is 6.92 Å². The minimum atomic E-state index is -4.35. The lowest BCUT2D eigenvalue weighted by Crippen LogP contribution is -2.17. The van der Waals surface area contributed by atoms with Gasteiger partial charge in [-0.1, -0.05) is 12.1 Å². The van der Waals surface area contributed by atoms with Crippen LogP contribution >= 0.6 is 0 Å². The molecule has 0 bridgehead atoms. The molecule has 0 spiro atoms. The molecule has 0 unspecified atom stereocenters. The second-order valence-electron chi connectivity index (χ2n) is 5.05. The molecule has 1 N–H and O–H groups in total. The summed E-state index contributed by atoms with van der Waals surface area (Å²) in [6.45, 7) is 0.350. The number of nitrogens with zero attached hydrogens (tertiary/aromatic N) is 2. The molecule has 0 atom stereocenters. The van der Waals surface area contributed by atoms with Gasteiger partial charge in [0.15, 0.2) is 0 Å². The molecule has 1 aromatic heterocycles. The fraction of sp³-hybridized carbons (Fsp3) is 0.333. The van der Waals surface area contributed by atoms with Crippen molar-refractivity contribution in [1.29, 1.82) is 0 Å². The summed E-state index contributed by atoms with van der Waals surface area (Å²) in [7, 11) is 1.71. The summed E-state index contributed by atoms with van der Waals surface area (Å²) in [5.41, 5.74) is 1.73. The van der Waals surface area contributed by atoms with Gasteiger partial charge < -0.3 is 10.1 Å². The van der Waals surface area contributed by atoms with Crippen LogP contribution in [0, 0.1) is 6.92 Å². The number of anilines is 1. The molecule has 0 aliphatic heterocycles. The summed E-state index contributed by atoms with van der Waals surface area (Å²) in [5.74, 6) is 0.237. The van der Waals surface area contributed by atoms with Crippen LogP contribution in [-0.4, -0.2) is 28.5 Å². The lowest BCUT2D eigenvalue weighted by Gasteiger charge is -2.08. The molecule has 1 amide bonds. The van der Waals surface area contributed by atoms with Crippen molar-refractivity contribution in [2.75, 3.05) is 11.9 Å². The lowest BCUT2D eigenvalue weighted by atomic mass is 10.1. The van der Waals surface area contributed by atoms with E-state index >= 15 is 0 Å². The topological polar surface area (TPSA) is 56.1 Å². The molecule has 0 fully saturated rings. The van der Waals surface area contributed by atoms with E-state index in [2.05, 4.69) is 15.2 Å². The van der Waals surface area contributed by atoms with Gasteiger partial charge in [0.2, 0.25) is 0 Å². The highest BCUT2D eigenvalue weighted by Gasteiger charge is 2.27. The van der Waals surface area contributed by atoms with Crippen LogP contribution in [0.15, 0.2) is 30.3 Å². The summed E-state index contributed by atoms with van der Waals surface area (Å²) < 4.78 is 42.1. The minimum absolute atomic E-state index is 0.164. The van der Waals surface area contributed by atoms with Crippen molar-refractivity contribution < 1.29 is 22.7 Å². The van der Waals surface area contributed by atoms with Crippen molar-refractivity contribution in [2.45, 2.75) is 19.7 Å². The van der Waals surface area contributed by atoms with Crippen LogP contribution in [0.5, 0.6) is 0 Å². The van der Waals surface area contributed by atoms with Crippen molar-refractivity contribution in [1.82, 2.24) is 9.78 Å². The van der Waals surface area contributed by atoms with E-state index in [4.69, 9.17) is 0 Å². The molecule has 2 aromatic rings. The SMILES string of the molecule is Cc1cc(NC(=O)c2ccc(COCC(F)(F)F)cc2)n(C)n1. The molecular formula is C15H16F3N3O2. The fourth-order valence-corrected chi connectivity index (χ4v) is 1.95. The highest BCUT2D eigenvalue weighted by Crippen LogP contribution is 2.16. The third kappa shape index (κ3) is 5.10. The monoisotopic (exact) mass is 327 g/mol. The van der Waals surface area contributed by atoms with E-state index < -0.39 is 12.8 Å². The Hall–Kier alpha value is -2.35. The van der Waals surface area contributed by atoms with E-state index in [0.717, 1.165) is 5.69 Å². The number of hydrogen-bond acceptors (Lipinski definition) is 3. The maximum Gasteiger partial charge on any atom is 0.411 e. The molecule has 0 aliphatic rings. The van der Waals surface area contributed by atoms with E-state index in [1.54, 1.807) is 29.9 Å². The number of nitrogens with one attached hydrogen (secondary N) is 1. The van der Waals surface area contributed by atoms with Crippen molar-refractivity contribution in [3.63, 3.8) is 0 Å². The second kappa shape index (κ2) is 6.82. The van der Waals surface area contributed by atoms with Crippen LogP contribution in [0.25, 0.3) is 0 Å². The Bertz CT molecular complexity index is 678. The van der Waals surface area contributed by atoms with E-state index in [-0.39, 0.29) is 12.5 Å². The highest BCUT2D eigenvalue weighted by molar-refractivity contribution is 6.03. The van der Waals surface area contributed by atoms with Gasteiger partial charge in [-0.25, -0.2) is 0 Å². The largest absolute Gasteiger partial charge is 0.411 e. The van der Waals surface area contributed by atoms with Gasteiger partial charge in [-0.15, -0.1) is 0 Å². The number of ether oxygens (including phenoxy) is 1. The van der Waals surface area contributed by atoms with Crippen molar-refractivity contribution in [3.05, 3.63) is 47.2 Å². The van der Waals surface area contributed by atoms with Gasteiger partial charge in [-0.3, -0.25) is 9.48 Å². The first-order valence-corrected chi connectivity index (χ1v) is 6.80. The van der Waals surface area contributed by atoms with Gasteiger partial charge in [0.25, 0.3) is 5.91 Å². The number of carbonyl (C=O) groups excluding carboxylic acids is 1. The first-order chi connectivity index (χ1) is 10.7. The molecule has 0 saturated carbocycles. The van der Waals surface area contributed by atoms with Gasteiger partial charge in [-0.05, 0) is 24.6 Å². The Morgan fingerprint density at radius 2 is 1.96 bits per heavy atom. The Morgan fingerprint density at radius 1 is 1.30 bits per heavy atom. The Morgan fingerprint density at radius 3 is 2.48 bits per heavy atom. The molecule has 0 radical (unpaired) electrons. The van der Waals surface area contributed by atoms with Gasteiger partial charge in [0, 0.05) is 18.7 Å². The molecule has 0 aliphatic carbocycles. The van der Waals surface area contributed by atoms with E-state index in [0.29, 0.717) is 16.9 Å². The van der Waals surface area contributed by atoms with Crippen LogP contribution in [-0.2, 0) is 18.4 Å². The zero-order valence-corrected chi connectivity index (χ0v) is 12.6. The van der Waals surface area contributed by atoms with E-state index in [9.17, 15) is 18.0 Å². The molecule has 23 heavy (non-hydrogen) atoms. The summed E-state index contributed by atoms with van der Waals surface area (Å²) in [6.07, 6.45) is -4.35. The zero-order chi connectivity index (χ0) is 17.0. The van der Waals surface area contributed by atoms with Crippen LogP contribution < -0.4 is 5.32 Å². The van der Waals surface area contributed by atoms with Crippen LogP contribution in [0.4, 0.5) is 19.0 Å². The molecule has 2 rings (SSSR count). The zero-order valence-electron chi connectivity index (χ0n) is 12.6. The number of amides is 1. The number of halogens is 3. The average Bonchev–Trinajstić information content (AvgIpc) is 2.76. The van der Waals surface area contributed by atoms with Crippen LogP contribution in [0.3, 0.4) is 0 Å². The third-order valence-corrected chi connectivity index (χ3v) is 2.99. The van der Waals surface area contributed by atoms with E-state index in [1.165, 1.54) is 12.1 Å². The summed E-state index contributed by atoms with van der Waals surface area (Å²) >= 11 is 0. The number of rotatable bonds is 5. The Balaban J connectivity index is 1.93. The first kappa shape index (κ1) is 17.0. The fourth-order valence-electron chi connectivity index (χ4n) is 1.95. The predicted molar refractivity (Wildman–Crippen MR) is 78.1 cm³/mol. The number of aromatic nitrogens is 2. The summed E-state index contributed by atoms with van der Waals surface area (Å²) in [4.78, 5) is 12.1. The highest BCUT2D eigenvalue weighted by atomic mass is 19.4. The molecule has 0 saturated heterocycles. The first-order valence-electron chi connectivity index (χ1n) is 6.80. The molecule has 8 heteroatoms. The Labute approximate surface area is 131 Å². The van der Waals surface area contributed by atoms with Gasteiger partial charge in [0.05, 0.1) is 12.3 Å². The number of alkyl halides is 3. The molecule has 1 aromatic carbocycles. The van der Waals surface area contributed by atoms with Gasteiger partial charge in [-0.2, -0.15) is 18.3 Å². The van der Waals surface area contributed by atoms with Crippen molar-refractivity contribution >= 4 is 11.7 Å². The number of benzene rings is 1. The smallest absolute Gasteiger partial charge is 0.367 e. The third-order valence-electron chi connectivity index (χ3n) is 2.99. The maximum absolute atomic E-state index is 12.1. The lowest BCUT2D eigenvalue weighted by molar-refractivity contribution is -0.176. The quantitative estimate of drug-likeness (QED) is 0.918. The second-order valence-corrected chi connectivity index (χ2v) is 5.05. The summed E-state index contributed by atoms with van der Waals surface area (Å²) in [6, 6.07) is 7.91. The molecule has 5 nitrogen and oxygen atoms in total. The van der Waals surface area contributed by atoms with Gasteiger partial charge in [0.1, 0.15) is 12.4 Å². The Kier molecular flexibility index (Phi) is 5.05. The minimum Gasteiger partial charge on any atom is -0.367 e. The van der Waals surface area contributed by atoms with Gasteiger partial charge >= 0.3 is 6.18 Å². The van der Waals surface area contributed by atoms with Crippen molar-refractivity contribution in [2.24, 2.45) is 7.05 Å². The molecule has 124 valence electrons. The number of carbonyl (C=O) groups is 1. The standard InChI is InChI=1S/C15H16F3N3O2/c1-10-7-13(21(2)20-10)19-14(22)12-5-3-11(4-6-12)8-23-9-15(16,17)18/h3-7H,8-9H2,1-2H3,(H,19,22). The predicted octanol–water partition coefficient (Wildman–Crippen LogP) is 3.06. The summed E-state index contributed by atoms with van der Waals surface area (Å²) in [5, 5.41) is 6.83. The number of aryl methyl sites for hydroxylation is 2. The molecular weight excluding hydrogens is 311 g/mol.